The Labute approximate surface area is 148 Å². The van der Waals surface area contributed by atoms with Gasteiger partial charge in [-0.25, -0.2) is 9.78 Å². The Bertz CT molecular complexity index is 963. The normalized spacial score (nSPS) is 10.5. The number of nitrogens with one attached hydrogen (secondary N) is 1. The lowest BCUT2D eigenvalue weighted by molar-refractivity contribution is -0.384. The fraction of sp³-hybridized carbons (Fsp3) is 0.111. The van der Waals surface area contributed by atoms with Crippen molar-refractivity contribution in [3.8, 4) is 28.4 Å². The molecule has 0 aliphatic carbocycles. The number of H-pyrrole nitrogens is 1. The molecule has 1 heterocycles. The molecule has 26 heavy (non-hydrogen) atoms. The minimum atomic E-state index is -1.17. The molecule has 0 aliphatic heterocycles. The minimum absolute atomic E-state index is 0.0873. The zero-order valence-corrected chi connectivity index (χ0v) is 13.8. The number of carbonyl (C=O) groups is 1. The van der Waals surface area contributed by atoms with Gasteiger partial charge in [-0.3, -0.25) is 10.1 Å². The van der Waals surface area contributed by atoms with Crippen LogP contribution >= 0.6 is 0 Å². The summed E-state index contributed by atoms with van der Waals surface area (Å²) in [6, 6.07) is 12.7. The van der Waals surface area contributed by atoms with Crippen molar-refractivity contribution in [2.75, 3.05) is 6.61 Å². The van der Waals surface area contributed by atoms with Crippen LogP contribution in [-0.2, 0) is 0 Å². The van der Waals surface area contributed by atoms with E-state index in [0.717, 1.165) is 0 Å². The fourth-order valence-corrected chi connectivity index (χ4v) is 2.52. The molecule has 0 fully saturated rings. The van der Waals surface area contributed by atoms with Crippen molar-refractivity contribution in [2.45, 2.75) is 6.92 Å². The first-order valence-corrected chi connectivity index (χ1v) is 7.81. The lowest BCUT2D eigenvalue weighted by atomic mass is 10.1. The molecule has 0 bridgehead atoms. The average molecular weight is 353 g/mol. The second kappa shape index (κ2) is 7.06. The van der Waals surface area contributed by atoms with Gasteiger partial charge in [0.1, 0.15) is 17.3 Å². The number of nitro benzene ring substituents is 1. The van der Waals surface area contributed by atoms with Crippen LogP contribution in [0.2, 0.25) is 0 Å². The summed E-state index contributed by atoms with van der Waals surface area (Å²) in [5.74, 6) is -0.254. The van der Waals surface area contributed by atoms with Crippen LogP contribution in [0.5, 0.6) is 5.75 Å². The molecule has 1 aromatic heterocycles. The Morgan fingerprint density at radius 2 is 1.96 bits per heavy atom. The summed E-state index contributed by atoms with van der Waals surface area (Å²) in [6.45, 7) is 2.40. The van der Waals surface area contributed by atoms with Crippen molar-refractivity contribution in [3.05, 3.63) is 64.3 Å². The molecule has 8 nitrogen and oxygen atoms in total. The zero-order valence-electron chi connectivity index (χ0n) is 13.8. The fourth-order valence-electron chi connectivity index (χ4n) is 2.52. The Kier molecular flexibility index (Phi) is 4.66. The molecule has 0 unspecified atom stereocenters. The summed E-state index contributed by atoms with van der Waals surface area (Å²) in [5.41, 5.74) is 1.09. The van der Waals surface area contributed by atoms with Gasteiger partial charge in [-0.05, 0) is 31.2 Å². The van der Waals surface area contributed by atoms with E-state index in [2.05, 4.69) is 9.97 Å². The van der Waals surface area contributed by atoms with E-state index in [4.69, 9.17) is 4.74 Å². The molecule has 0 aliphatic rings. The third-order valence-corrected chi connectivity index (χ3v) is 3.69. The van der Waals surface area contributed by atoms with Crippen LogP contribution in [0.3, 0.4) is 0 Å². The van der Waals surface area contributed by atoms with E-state index in [1.54, 1.807) is 30.3 Å². The number of nitro groups is 1. The first kappa shape index (κ1) is 17.2. The maximum atomic E-state index is 11.6. The molecular formula is C18H15N3O5. The van der Waals surface area contributed by atoms with E-state index in [9.17, 15) is 20.0 Å². The van der Waals surface area contributed by atoms with E-state index in [1.807, 2.05) is 6.92 Å². The van der Waals surface area contributed by atoms with Crippen molar-refractivity contribution in [2.24, 2.45) is 0 Å². The third kappa shape index (κ3) is 3.39. The number of hydrogen-bond donors (Lipinski definition) is 2. The highest BCUT2D eigenvalue weighted by Crippen LogP contribution is 2.29. The smallest absolute Gasteiger partial charge is 0.354 e. The average Bonchev–Trinajstić information content (AvgIpc) is 3.08. The molecule has 132 valence electrons. The monoisotopic (exact) mass is 353 g/mol. The van der Waals surface area contributed by atoms with Gasteiger partial charge in [0.05, 0.1) is 11.5 Å². The molecule has 0 saturated carbocycles. The molecule has 0 radical (unpaired) electrons. The van der Waals surface area contributed by atoms with Gasteiger partial charge in [0, 0.05) is 23.3 Å². The number of benzene rings is 2. The summed E-state index contributed by atoms with van der Waals surface area (Å²) in [7, 11) is 0. The molecule has 3 rings (SSSR count). The van der Waals surface area contributed by atoms with Crippen LogP contribution in [-0.4, -0.2) is 32.6 Å². The molecule has 0 saturated heterocycles. The minimum Gasteiger partial charge on any atom is -0.494 e. The SMILES string of the molecule is CCOc1ccc(-c2nc(-c3cccc([N+](=O)[O-])c3)[nH]c2C(=O)O)cc1. The molecular weight excluding hydrogens is 338 g/mol. The first-order valence-electron chi connectivity index (χ1n) is 7.81. The standard InChI is InChI=1S/C18H15N3O5/c1-2-26-14-8-6-11(7-9-14)15-16(18(22)23)20-17(19-15)12-4-3-5-13(10-12)21(24)25/h3-10H,2H2,1H3,(H,19,20)(H,22,23). The van der Waals surface area contributed by atoms with Crippen LogP contribution in [0.4, 0.5) is 5.69 Å². The predicted molar refractivity (Wildman–Crippen MR) is 94.2 cm³/mol. The van der Waals surface area contributed by atoms with Gasteiger partial charge in [0.2, 0.25) is 0 Å². The quantitative estimate of drug-likeness (QED) is 0.514. The Morgan fingerprint density at radius 3 is 2.58 bits per heavy atom. The molecule has 2 N–H and O–H groups in total. The number of ether oxygens (including phenoxy) is 1. The van der Waals surface area contributed by atoms with Gasteiger partial charge < -0.3 is 14.8 Å². The highest BCUT2D eigenvalue weighted by Gasteiger charge is 2.20. The van der Waals surface area contributed by atoms with E-state index < -0.39 is 10.9 Å². The van der Waals surface area contributed by atoms with Crippen molar-refractivity contribution in [1.29, 1.82) is 0 Å². The molecule has 0 spiro atoms. The van der Waals surface area contributed by atoms with Crippen molar-refractivity contribution < 1.29 is 19.6 Å². The molecule has 8 heteroatoms. The van der Waals surface area contributed by atoms with Gasteiger partial charge >= 0.3 is 5.97 Å². The number of carboxylic acid groups (broad SMARTS) is 1. The maximum Gasteiger partial charge on any atom is 0.354 e. The number of hydrogen-bond acceptors (Lipinski definition) is 5. The van der Waals surface area contributed by atoms with E-state index in [-0.39, 0.29) is 22.9 Å². The molecule has 3 aromatic rings. The summed E-state index contributed by atoms with van der Waals surface area (Å²) in [4.78, 5) is 29.1. The Morgan fingerprint density at radius 1 is 1.23 bits per heavy atom. The second-order valence-corrected chi connectivity index (χ2v) is 5.38. The molecule has 0 amide bonds. The van der Waals surface area contributed by atoms with E-state index in [0.29, 0.717) is 23.5 Å². The largest absolute Gasteiger partial charge is 0.494 e. The number of non-ortho nitro benzene ring substituents is 1. The molecule has 0 atom stereocenters. The van der Waals surface area contributed by atoms with Gasteiger partial charge in [-0.15, -0.1) is 0 Å². The van der Waals surface area contributed by atoms with Crippen LogP contribution in [0.15, 0.2) is 48.5 Å². The summed E-state index contributed by atoms with van der Waals surface area (Å²) in [5, 5.41) is 20.4. The number of aromatic amines is 1. The third-order valence-electron chi connectivity index (χ3n) is 3.69. The summed E-state index contributed by atoms with van der Waals surface area (Å²) < 4.78 is 5.38. The molecule has 2 aromatic carbocycles. The lowest BCUT2D eigenvalue weighted by Gasteiger charge is -2.04. The zero-order chi connectivity index (χ0) is 18.7. The van der Waals surface area contributed by atoms with Crippen LogP contribution in [0.1, 0.15) is 17.4 Å². The van der Waals surface area contributed by atoms with Crippen molar-refractivity contribution >= 4 is 11.7 Å². The topological polar surface area (TPSA) is 118 Å². The number of aromatic carboxylic acids is 1. The van der Waals surface area contributed by atoms with Crippen LogP contribution in [0.25, 0.3) is 22.6 Å². The van der Waals surface area contributed by atoms with E-state index in [1.165, 1.54) is 18.2 Å². The maximum absolute atomic E-state index is 11.6. The van der Waals surface area contributed by atoms with Gasteiger partial charge in [-0.2, -0.15) is 0 Å². The predicted octanol–water partition coefficient (Wildman–Crippen LogP) is 3.75. The van der Waals surface area contributed by atoms with E-state index >= 15 is 0 Å². The highest BCUT2D eigenvalue weighted by atomic mass is 16.6. The van der Waals surface area contributed by atoms with Gasteiger partial charge in [-0.1, -0.05) is 12.1 Å². The number of imidazole rings is 1. The van der Waals surface area contributed by atoms with Crippen LogP contribution < -0.4 is 4.74 Å². The van der Waals surface area contributed by atoms with Gasteiger partial charge in [0.25, 0.3) is 5.69 Å². The second-order valence-electron chi connectivity index (χ2n) is 5.38. The van der Waals surface area contributed by atoms with Gasteiger partial charge in [0.15, 0.2) is 5.69 Å². The summed E-state index contributed by atoms with van der Waals surface area (Å²) >= 11 is 0. The number of rotatable bonds is 6. The number of aromatic nitrogens is 2. The van der Waals surface area contributed by atoms with Crippen molar-refractivity contribution in [1.82, 2.24) is 9.97 Å². The Hall–Kier alpha value is -3.68. The number of carboxylic acids is 1. The Balaban J connectivity index is 2.05. The lowest BCUT2D eigenvalue weighted by Crippen LogP contribution is -1.99. The number of nitrogens with zero attached hydrogens (tertiary/aromatic N) is 2. The highest BCUT2D eigenvalue weighted by molar-refractivity contribution is 5.94. The van der Waals surface area contributed by atoms with Crippen molar-refractivity contribution in [3.63, 3.8) is 0 Å². The van der Waals surface area contributed by atoms with Crippen LogP contribution in [0, 0.1) is 10.1 Å². The summed E-state index contributed by atoms with van der Waals surface area (Å²) in [6.07, 6.45) is 0. The first-order chi connectivity index (χ1) is 12.5.